The van der Waals surface area contributed by atoms with Gasteiger partial charge in [0.25, 0.3) is 0 Å². The highest BCUT2D eigenvalue weighted by Gasteiger charge is 2.16. The summed E-state index contributed by atoms with van der Waals surface area (Å²) in [5, 5.41) is 7.09. The van der Waals surface area contributed by atoms with Gasteiger partial charge in [-0.05, 0) is 18.9 Å². The van der Waals surface area contributed by atoms with E-state index in [0.29, 0.717) is 17.8 Å². The molecule has 0 fully saturated rings. The van der Waals surface area contributed by atoms with E-state index in [-0.39, 0.29) is 17.6 Å². The van der Waals surface area contributed by atoms with Crippen LogP contribution in [0, 0.1) is 11.7 Å². The number of halogens is 1. The van der Waals surface area contributed by atoms with Gasteiger partial charge in [0, 0.05) is 17.7 Å². The molecule has 1 aromatic carbocycles. The molecule has 23 heavy (non-hydrogen) atoms. The van der Waals surface area contributed by atoms with Crippen LogP contribution in [-0.4, -0.2) is 15.7 Å². The molecule has 124 valence electrons. The second kappa shape index (κ2) is 8.46. The lowest BCUT2D eigenvalue weighted by Crippen LogP contribution is -2.22. The first-order valence-electron chi connectivity index (χ1n) is 8.20. The maximum atomic E-state index is 13.7. The Labute approximate surface area is 136 Å². The molecule has 1 unspecified atom stereocenters. The summed E-state index contributed by atoms with van der Waals surface area (Å²) in [7, 11) is 0. The molecule has 0 radical (unpaired) electrons. The van der Waals surface area contributed by atoms with Gasteiger partial charge in [0.1, 0.15) is 5.82 Å². The van der Waals surface area contributed by atoms with E-state index in [1.54, 1.807) is 35.3 Å². The van der Waals surface area contributed by atoms with E-state index in [4.69, 9.17) is 0 Å². The summed E-state index contributed by atoms with van der Waals surface area (Å²) in [6.07, 6.45) is 7.21. The van der Waals surface area contributed by atoms with Crippen molar-refractivity contribution >= 4 is 11.6 Å². The molecule has 1 aromatic heterocycles. The van der Waals surface area contributed by atoms with Crippen LogP contribution in [-0.2, 0) is 11.3 Å². The number of hydrogen-bond donors (Lipinski definition) is 1. The fourth-order valence-electron chi connectivity index (χ4n) is 2.53. The molecule has 0 spiro atoms. The van der Waals surface area contributed by atoms with Crippen LogP contribution in [0.1, 0.15) is 45.1 Å². The number of amides is 1. The largest absolute Gasteiger partial charge is 0.323 e. The molecule has 0 saturated heterocycles. The minimum Gasteiger partial charge on any atom is -0.323 e. The maximum Gasteiger partial charge on any atom is 0.227 e. The van der Waals surface area contributed by atoms with Gasteiger partial charge in [-0.3, -0.25) is 9.48 Å². The molecule has 5 heteroatoms. The summed E-state index contributed by atoms with van der Waals surface area (Å²) in [6.45, 7) is 4.49. The fourth-order valence-corrected chi connectivity index (χ4v) is 2.53. The van der Waals surface area contributed by atoms with E-state index >= 15 is 0 Å². The Balaban J connectivity index is 1.96. The molecular weight excluding hydrogens is 293 g/mol. The summed E-state index contributed by atoms with van der Waals surface area (Å²) in [5.41, 5.74) is 1.23. The second-order valence-corrected chi connectivity index (χ2v) is 5.75. The lowest BCUT2D eigenvalue weighted by atomic mass is 9.98. The van der Waals surface area contributed by atoms with E-state index in [1.165, 1.54) is 6.07 Å². The molecule has 1 heterocycles. The third-order valence-electron chi connectivity index (χ3n) is 3.96. The monoisotopic (exact) mass is 317 g/mol. The first-order valence-corrected chi connectivity index (χ1v) is 8.20. The third kappa shape index (κ3) is 4.91. The smallest absolute Gasteiger partial charge is 0.227 e. The minimum absolute atomic E-state index is 0.0323. The zero-order valence-electron chi connectivity index (χ0n) is 13.8. The zero-order chi connectivity index (χ0) is 16.7. The van der Waals surface area contributed by atoms with Crippen molar-refractivity contribution in [3.05, 3.63) is 48.0 Å². The van der Waals surface area contributed by atoms with Crippen LogP contribution in [0.2, 0.25) is 0 Å². The molecule has 2 rings (SSSR count). The van der Waals surface area contributed by atoms with E-state index in [9.17, 15) is 9.18 Å². The number of rotatable bonds is 8. The number of carbonyl (C=O) groups excluding carboxylic acids is 1. The SMILES string of the molecule is CCCCC(CC)C(=O)Nc1cnn(Cc2ccccc2F)c1. The summed E-state index contributed by atoms with van der Waals surface area (Å²) < 4.78 is 15.3. The van der Waals surface area contributed by atoms with Gasteiger partial charge in [-0.1, -0.05) is 44.9 Å². The summed E-state index contributed by atoms with van der Waals surface area (Å²) >= 11 is 0. The van der Waals surface area contributed by atoms with Crippen LogP contribution < -0.4 is 5.32 Å². The van der Waals surface area contributed by atoms with Gasteiger partial charge in [-0.15, -0.1) is 0 Å². The molecule has 4 nitrogen and oxygen atoms in total. The minimum atomic E-state index is -0.251. The molecular formula is C18H24FN3O. The molecule has 1 atom stereocenters. The van der Waals surface area contributed by atoms with Crippen molar-refractivity contribution in [1.82, 2.24) is 9.78 Å². The van der Waals surface area contributed by atoms with Gasteiger partial charge in [0.05, 0.1) is 18.4 Å². The third-order valence-corrected chi connectivity index (χ3v) is 3.96. The molecule has 1 N–H and O–H groups in total. The number of carbonyl (C=O) groups is 1. The van der Waals surface area contributed by atoms with Crippen LogP contribution in [0.25, 0.3) is 0 Å². The predicted molar refractivity (Wildman–Crippen MR) is 89.7 cm³/mol. The van der Waals surface area contributed by atoms with Crippen LogP contribution in [0.3, 0.4) is 0 Å². The highest BCUT2D eigenvalue weighted by Crippen LogP contribution is 2.16. The number of nitrogens with zero attached hydrogens (tertiary/aromatic N) is 2. The Morgan fingerprint density at radius 2 is 2.13 bits per heavy atom. The second-order valence-electron chi connectivity index (χ2n) is 5.75. The van der Waals surface area contributed by atoms with E-state index < -0.39 is 0 Å². The van der Waals surface area contributed by atoms with Crippen molar-refractivity contribution in [3.8, 4) is 0 Å². The molecule has 1 amide bonds. The number of aromatic nitrogens is 2. The lowest BCUT2D eigenvalue weighted by molar-refractivity contribution is -0.120. The quantitative estimate of drug-likeness (QED) is 0.792. The average molecular weight is 317 g/mol. The number of anilines is 1. The molecule has 0 bridgehead atoms. The Bertz CT molecular complexity index is 639. The van der Waals surface area contributed by atoms with Crippen molar-refractivity contribution < 1.29 is 9.18 Å². The van der Waals surface area contributed by atoms with Gasteiger partial charge in [-0.25, -0.2) is 4.39 Å². The van der Waals surface area contributed by atoms with Crippen molar-refractivity contribution in [1.29, 1.82) is 0 Å². The Kier molecular flexibility index (Phi) is 6.32. The Morgan fingerprint density at radius 1 is 1.35 bits per heavy atom. The molecule has 0 aliphatic rings. The van der Waals surface area contributed by atoms with Gasteiger partial charge in [0.2, 0.25) is 5.91 Å². The van der Waals surface area contributed by atoms with Crippen LogP contribution in [0.4, 0.5) is 10.1 Å². The highest BCUT2D eigenvalue weighted by atomic mass is 19.1. The molecule has 2 aromatic rings. The normalized spacial score (nSPS) is 12.1. The van der Waals surface area contributed by atoms with Gasteiger partial charge >= 0.3 is 0 Å². The Hall–Kier alpha value is -2.17. The van der Waals surface area contributed by atoms with E-state index in [2.05, 4.69) is 17.3 Å². The lowest BCUT2D eigenvalue weighted by Gasteiger charge is -2.13. The zero-order valence-corrected chi connectivity index (χ0v) is 13.8. The van der Waals surface area contributed by atoms with Crippen molar-refractivity contribution in [2.45, 2.75) is 46.1 Å². The maximum absolute atomic E-state index is 13.7. The molecule has 0 aliphatic heterocycles. The standard InChI is InChI=1S/C18H24FN3O/c1-3-5-8-14(4-2)18(23)21-16-11-20-22(13-16)12-15-9-6-7-10-17(15)19/h6-7,9-11,13-14H,3-5,8,12H2,1-2H3,(H,21,23). The predicted octanol–water partition coefficient (Wildman–Crippen LogP) is 4.23. The first-order chi connectivity index (χ1) is 11.1. The molecule has 0 aliphatic carbocycles. The average Bonchev–Trinajstić information content (AvgIpc) is 2.97. The van der Waals surface area contributed by atoms with Crippen LogP contribution in [0.15, 0.2) is 36.7 Å². The van der Waals surface area contributed by atoms with Crippen LogP contribution >= 0.6 is 0 Å². The summed E-state index contributed by atoms with van der Waals surface area (Å²) in [6, 6.07) is 6.62. The number of benzene rings is 1. The van der Waals surface area contributed by atoms with Gasteiger partial charge in [-0.2, -0.15) is 5.10 Å². The Morgan fingerprint density at radius 3 is 2.83 bits per heavy atom. The summed E-state index contributed by atoms with van der Waals surface area (Å²) in [5.74, 6) is -0.185. The van der Waals surface area contributed by atoms with Crippen molar-refractivity contribution in [3.63, 3.8) is 0 Å². The van der Waals surface area contributed by atoms with Gasteiger partial charge < -0.3 is 5.32 Å². The first kappa shape index (κ1) is 17.2. The summed E-state index contributed by atoms with van der Waals surface area (Å²) in [4.78, 5) is 12.3. The fraction of sp³-hybridized carbons (Fsp3) is 0.444. The van der Waals surface area contributed by atoms with E-state index in [0.717, 1.165) is 25.7 Å². The van der Waals surface area contributed by atoms with E-state index in [1.807, 2.05) is 6.92 Å². The van der Waals surface area contributed by atoms with Crippen LogP contribution in [0.5, 0.6) is 0 Å². The number of nitrogens with one attached hydrogen (secondary N) is 1. The van der Waals surface area contributed by atoms with Crippen molar-refractivity contribution in [2.75, 3.05) is 5.32 Å². The highest BCUT2D eigenvalue weighted by molar-refractivity contribution is 5.92. The van der Waals surface area contributed by atoms with Gasteiger partial charge in [0.15, 0.2) is 0 Å². The number of hydrogen-bond acceptors (Lipinski definition) is 2. The topological polar surface area (TPSA) is 46.9 Å². The number of unbranched alkanes of at least 4 members (excludes halogenated alkanes) is 1. The molecule has 0 saturated carbocycles. The van der Waals surface area contributed by atoms with Crippen molar-refractivity contribution in [2.24, 2.45) is 5.92 Å².